The zero-order chi connectivity index (χ0) is 13.0. The molecule has 0 aromatic heterocycles. The van der Waals surface area contributed by atoms with Crippen LogP contribution in [-0.4, -0.2) is 6.54 Å². The SMILES string of the molecule is NCCc1ccc(F)cc1Cc1ccccc1F. The predicted octanol–water partition coefficient (Wildman–Crippen LogP) is 3.06. The van der Waals surface area contributed by atoms with E-state index in [0.29, 0.717) is 24.9 Å². The van der Waals surface area contributed by atoms with Gasteiger partial charge in [0.1, 0.15) is 11.6 Å². The molecule has 2 aromatic rings. The van der Waals surface area contributed by atoms with Crippen molar-refractivity contribution in [2.75, 3.05) is 6.54 Å². The molecule has 2 N–H and O–H groups in total. The van der Waals surface area contributed by atoms with Gasteiger partial charge in [0.05, 0.1) is 0 Å². The molecule has 0 saturated heterocycles. The van der Waals surface area contributed by atoms with E-state index < -0.39 is 0 Å². The van der Waals surface area contributed by atoms with Gasteiger partial charge in [0.25, 0.3) is 0 Å². The van der Waals surface area contributed by atoms with Gasteiger partial charge in [-0.15, -0.1) is 0 Å². The number of halogens is 2. The Labute approximate surface area is 105 Å². The minimum absolute atomic E-state index is 0.263. The first-order valence-electron chi connectivity index (χ1n) is 5.91. The minimum Gasteiger partial charge on any atom is -0.330 e. The van der Waals surface area contributed by atoms with Gasteiger partial charge >= 0.3 is 0 Å². The number of rotatable bonds is 4. The summed E-state index contributed by atoms with van der Waals surface area (Å²) in [4.78, 5) is 0. The first-order valence-corrected chi connectivity index (χ1v) is 5.91. The van der Waals surface area contributed by atoms with Gasteiger partial charge in [-0.05, 0) is 47.9 Å². The van der Waals surface area contributed by atoms with Crippen molar-refractivity contribution in [1.29, 1.82) is 0 Å². The average molecular weight is 247 g/mol. The molecule has 3 heteroatoms. The van der Waals surface area contributed by atoms with E-state index in [2.05, 4.69) is 0 Å². The second-order valence-electron chi connectivity index (χ2n) is 4.22. The van der Waals surface area contributed by atoms with Crippen LogP contribution in [0.4, 0.5) is 8.78 Å². The van der Waals surface area contributed by atoms with Crippen LogP contribution in [0.25, 0.3) is 0 Å². The molecule has 0 aliphatic carbocycles. The first-order chi connectivity index (χ1) is 8.70. The third kappa shape index (κ3) is 2.93. The van der Waals surface area contributed by atoms with Crippen LogP contribution in [0.15, 0.2) is 42.5 Å². The van der Waals surface area contributed by atoms with E-state index in [1.807, 2.05) is 0 Å². The molecule has 0 aliphatic heterocycles. The molecule has 0 atom stereocenters. The van der Waals surface area contributed by atoms with Crippen LogP contribution in [0.1, 0.15) is 16.7 Å². The van der Waals surface area contributed by atoms with Gasteiger partial charge in [-0.1, -0.05) is 24.3 Å². The molecular formula is C15H15F2N. The molecule has 1 nitrogen and oxygen atoms in total. The lowest BCUT2D eigenvalue weighted by Gasteiger charge is -2.09. The molecule has 0 radical (unpaired) electrons. The van der Waals surface area contributed by atoms with Crippen LogP contribution >= 0.6 is 0 Å². The monoisotopic (exact) mass is 247 g/mol. The first kappa shape index (κ1) is 12.7. The number of hydrogen-bond acceptors (Lipinski definition) is 1. The molecule has 94 valence electrons. The maximum absolute atomic E-state index is 13.6. The molecule has 0 aliphatic rings. The van der Waals surface area contributed by atoms with Gasteiger partial charge in [0, 0.05) is 6.42 Å². The van der Waals surface area contributed by atoms with Crippen molar-refractivity contribution in [3.8, 4) is 0 Å². The van der Waals surface area contributed by atoms with E-state index in [9.17, 15) is 8.78 Å². The van der Waals surface area contributed by atoms with Crippen LogP contribution in [0.2, 0.25) is 0 Å². The second-order valence-corrected chi connectivity index (χ2v) is 4.22. The highest BCUT2D eigenvalue weighted by atomic mass is 19.1. The summed E-state index contributed by atoms with van der Waals surface area (Å²) in [6.45, 7) is 0.496. The lowest BCUT2D eigenvalue weighted by molar-refractivity contribution is 0.610. The average Bonchev–Trinajstić information content (AvgIpc) is 2.36. The van der Waals surface area contributed by atoms with Gasteiger partial charge in [0.2, 0.25) is 0 Å². The normalized spacial score (nSPS) is 10.6. The van der Waals surface area contributed by atoms with E-state index in [0.717, 1.165) is 11.1 Å². The van der Waals surface area contributed by atoms with E-state index in [1.54, 1.807) is 24.3 Å². The summed E-state index contributed by atoms with van der Waals surface area (Å²) >= 11 is 0. The van der Waals surface area contributed by atoms with E-state index in [1.165, 1.54) is 18.2 Å². The summed E-state index contributed by atoms with van der Waals surface area (Å²) in [5.41, 5.74) is 7.86. The molecule has 0 saturated carbocycles. The zero-order valence-electron chi connectivity index (χ0n) is 10.00. The second kappa shape index (κ2) is 5.74. The Morgan fingerprint density at radius 2 is 1.67 bits per heavy atom. The summed E-state index contributed by atoms with van der Waals surface area (Å²) in [6.07, 6.45) is 1.06. The smallest absolute Gasteiger partial charge is 0.126 e. The predicted molar refractivity (Wildman–Crippen MR) is 68.4 cm³/mol. The van der Waals surface area contributed by atoms with Crippen molar-refractivity contribution >= 4 is 0 Å². The van der Waals surface area contributed by atoms with Gasteiger partial charge in [-0.25, -0.2) is 8.78 Å². The van der Waals surface area contributed by atoms with Gasteiger partial charge in [-0.2, -0.15) is 0 Å². The molecule has 0 fully saturated rings. The Morgan fingerprint density at radius 1 is 0.889 bits per heavy atom. The van der Waals surface area contributed by atoms with Crippen molar-refractivity contribution in [3.63, 3.8) is 0 Å². The van der Waals surface area contributed by atoms with Gasteiger partial charge in [0.15, 0.2) is 0 Å². The number of nitrogens with two attached hydrogens (primary N) is 1. The van der Waals surface area contributed by atoms with Crippen molar-refractivity contribution in [2.24, 2.45) is 5.73 Å². The molecule has 0 amide bonds. The van der Waals surface area contributed by atoms with Crippen LogP contribution < -0.4 is 5.73 Å². The Balaban J connectivity index is 2.33. The fraction of sp³-hybridized carbons (Fsp3) is 0.200. The van der Waals surface area contributed by atoms with E-state index >= 15 is 0 Å². The fourth-order valence-electron chi connectivity index (χ4n) is 2.01. The van der Waals surface area contributed by atoms with Crippen LogP contribution in [-0.2, 0) is 12.8 Å². The van der Waals surface area contributed by atoms with E-state index in [4.69, 9.17) is 5.73 Å². The standard InChI is InChI=1S/C15H15F2N/c16-14-6-5-11(7-8-18)13(10-14)9-12-3-1-2-4-15(12)17/h1-6,10H,7-9,18H2. The Bertz CT molecular complexity index is 538. The maximum Gasteiger partial charge on any atom is 0.126 e. The molecule has 2 aromatic carbocycles. The van der Waals surface area contributed by atoms with Gasteiger partial charge in [-0.3, -0.25) is 0 Å². The highest BCUT2D eigenvalue weighted by Gasteiger charge is 2.07. The van der Waals surface area contributed by atoms with Crippen LogP contribution in [0.3, 0.4) is 0 Å². The summed E-state index contributed by atoms with van der Waals surface area (Å²) < 4.78 is 26.8. The Kier molecular flexibility index (Phi) is 4.05. The molecule has 18 heavy (non-hydrogen) atoms. The van der Waals surface area contributed by atoms with Crippen molar-refractivity contribution in [2.45, 2.75) is 12.8 Å². The minimum atomic E-state index is -0.304. The van der Waals surface area contributed by atoms with Crippen LogP contribution in [0, 0.1) is 11.6 Å². The highest BCUT2D eigenvalue weighted by molar-refractivity contribution is 5.34. The number of hydrogen-bond donors (Lipinski definition) is 1. The van der Waals surface area contributed by atoms with Crippen molar-refractivity contribution < 1.29 is 8.78 Å². The third-order valence-electron chi connectivity index (χ3n) is 2.92. The highest BCUT2D eigenvalue weighted by Crippen LogP contribution is 2.18. The summed E-state index contributed by atoms with van der Waals surface area (Å²) in [5, 5.41) is 0. The molecule has 0 spiro atoms. The van der Waals surface area contributed by atoms with Gasteiger partial charge < -0.3 is 5.73 Å². The Morgan fingerprint density at radius 3 is 2.39 bits per heavy atom. The zero-order valence-corrected chi connectivity index (χ0v) is 10.00. The summed E-state index contributed by atoms with van der Waals surface area (Å²) in [6, 6.07) is 11.1. The van der Waals surface area contributed by atoms with Crippen LogP contribution in [0.5, 0.6) is 0 Å². The molecule has 0 heterocycles. The topological polar surface area (TPSA) is 26.0 Å². The molecule has 0 unspecified atom stereocenters. The summed E-state index contributed by atoms with van der Waals surface area (Å²) in [7, 11) is 0. The maximum atomic E-state index is 13.6. The molecule has 2 rings (SSSR count). The lowest BCUT2D eigenvalue weighted by atomic mass is 9.97. The van der Waals surface area contributed by atoms with E-state index in [-0.39, 0.29) is 11.6 Å². The fourth-order valence-corrected chi connectivity index (χ4v) is 2.01. The molecular weight excluding hydrogens is 232 g/mol. The summed E-state index contributed by atoms with van der Waals surface area (Å²) in [5.74, 6) is -0.567. The third-order valence-corrected chi connectivity index (χ3v) is 2.92. The Hall–Kier alpha value is -1.74. The quantitative estimate of drug-likeness (QED) is 0.883. The van der Waals surface area contributed by atoms with Crippen molar-refractivity contribution in [3.05, 3.63) is 70.8 Å². The largest absolute Gasteiger partial charge is 0.330 e. The lowest BCUT2D eigenvalue weighted by Crippen LogP contribution is -2.06. The van der Waals surface area contributed by atoms with Crippen molar-refractivity contribution in [1.82, 2.24) is 0 Å². The number of benzene rings is 2. The molecule has 0 bridgehead atoms.